The Morgan fingerprint density at radius 1 is 1.47 bits per heavy atom. The minimum Gasteiger partial charge on any atom is -0.464 e. The molecule has 0 N–H and O–H groups in total. The van der Waals surface area contributed by atoms with Gasteiger partial charge in [-0.1, -0.05) is 0 Å². The van der Waals surface area contributed by atoms with Crippen LogP contribution in [0.5, 0.6) is 0 Å². The van der Waals surface area contributed by atoms with E-state index in [0.717, 1.165) is 37.9 Å². The number of ketones is 1. The molecule has 2 rings (SSSR count). The Labute approximate surface area is 102 Å². The summed E-state index contributed by atoms with van der Waals surface area (Å²) < 4.78 is 5.11. The molecule has 94 valence electrons. The monoisotopic (exact) mass is 237 g/mol. The van der Waals surface area contributed by atoms with E-state index < -0.39 is 0 Å². The molecule has 0 aromatic carbocycles. The molecular formula is C13H19NO3. The van der Waals surface area contributed by atoms with Crippen LogP contribution in [0, 0.1) is 0 Å². The van der Waals surface area contributed by atoms with E-state index in [9.17, 15) is 9.59 Å². The van der Waals surface area contributed by atoms with Gasteiger partial charge in [-0.2, -0.15) is 0 Å². The Hall–Kier alpha value is -1.32. The van der Waals surface area contributed by atoms with Crippen LogP contribution in [-0.4, -0.2) is 35.8 Å². The lowest BCUT2D eigenvalue weighted by atomic mass is 10.0. The van der Waals surface area contributed by atoms with Gasteiger partial charge in [0.05, 0.1) is 6.61 Å². The first-order valence-electron chi connectivity index (χ1n) is 6.39. The first-order valence-corrected chi connectivity index (χ1v) is 6.39. The molecule has 0 aromatic rings. The molecule has 0 amide bonds. The summed E-state index contributed by atoms with van der Waals surface area (Å²) in [5, 5.41) is 0. The van der Waals surface area contributed by atoms with Crippen molar-refractivity contribution in [3.63, 3.8) is 0 Å². The fourth-order valence-corrected chi connectivity index (χ4v) is 2.57. The molecule has 4 nitrogen and oxygen atoms in total. The minimum atomic E-state index is -0.180. The van der Waals surface area contributed by atoms with E-state index in [1.165, 1.54) is 0 Å². The van der Waals surface area contributed by atoms with Crippen molar-refractivity contribution in [1.29, 1.82) is 0 Å². The van der Waals surface area contributed by atoms with Gasteiger partial charge in [0.2, 0.25) is 0 Å². The molecule has 2 aliphatic rings. The lowest BCUT2D eigenvalue weighted by Gasteiger charge is -2.36. The van der Waals surface area contributed by atoms with E-state index in [1.807, 2.05) is 6.92 Å². The number of likely N-dealkylation sites (tertiary alicyclic amines) is 1. The van der Waals surface area contributed by atoms with Crippen LogP contribution in [0.3, 0.4) is 0 Å². The number of nitrogens with zero attached hydrogens (tertiary/aromatic N) is 1. The third kappa shape index (κ3) is 2.68. The van der Waals surface area contributed by atoms with Crippen LogP contribution in [0.4, 0.5) is 0 Å². The van der Waals surface area contributed by atoms with Crippen LogP contribution in [0.15, 0.2) is 11.8 Å². The molecular weight excluding hydrogens is 218 g/mol. The molecule has 1 aliphatic heterocycles. The normalized spacial score (nSPS) is 24.8. The first-order chi connectivity index (χ1) is 8.22. The predicted octanol–water partition coefficient (Wildman–Crippen LogP) is 1.65. The first kappa shape index (κ1) is 12.1. The van der Waals surface area contributed by atoms with Crippen LogP contribution in [0.1, 0.15) is 39.0 Å². The smallest absolute Gasteiger partial charge is 0.328 e. The number of piperidine rings is 1. The van der Waals surface area contributed by atoms with Crippen molar-refractivity contribution >= 4 is 11.8 Å². The van der Waals surface area contributed by atoms with Crippen molar-refractivity contribution < 1.29 is 14.3 Å². The number of hydrogen-bond donors (Lipinski definition) is 0. The summed E-state index contributed by atoms with van der Waals surface area (Å²) in [6.45, 7) is 3.10. The molecule has 17 heavy (non-hydrogen) atoms. The molecule has 0 radical (unpaired) electrons. The second kappa shape index (κ2) is 5.34. The molecule has 1 saturated heterocycles. The van der Waals surface area contributed by atoms with Gasteiger partial charge >= 0.3 is 5.97 Å². The molecule has 1 atom stereocenters. The summed E-state index contributed by atoms with van der Waals surface area (Å²) >= 11 is 0. The van der Waals surface area contributed by atoms with Gasteiger partial charge in [-0.05, 0) is 32.6 Å². The third-order valence-corrected chi connectivity index (χ3v) is 3.39. The minimum absolute atomic E-state index is 0.146. The molecule has 0 aromatic heterocycles. The maximum absolute atomic E-state index is 11.9. The molecule has 0 spiro atoms. The Balaban J connectivity index is 2.09. The van der Waals surface area contributed by atoms with Crippen molar-refractivity contribution in [2.75, 3.05) is 13.2 Å². The Morgan fingerprint density at radius 3 is 2.94 bits per heavy atom. The predicted molar refractivity (Wildman–Crippen MR) is 63.3 cm³/mol. The number of carbonyl (C=O) groups is 2. The molecule has 1 heterocycles. The Kier molecular flexibility index (Phi) is 3.82. The number of ether oxygens (including phenoxy) is 1. The summed E-state index contributed by atoms with van der Waals surface area (Å²) in [5.74, 6) is 0.0284. The second-order valence-corrected chi connectivity index (χ2v) is 4.56. The maximum atomic E-state index is 11.9. The Bertz CT molecular complexity index is 349. The molecule has 1 aliphatic carbocycles. The molecule has 1 fully saturated rings. The fourth-order valence-electron chi connectivity index (χ4n) is 2.57. The number of esters is 1. The third-order valence-electron chi connectivity index (χ3n) is 3.39. The highest BCUT2D eigenvalue weighted by molar-refractivity contribution is 5.93. The van der Waals surface area contributed by atoms with Gasteiger partial charge in [-0.15, -0.1) is 0 Å². The Morgan fingerprint density at radius 2 is 2.29 bits per heavy atom. The molecule has 0 saturated carbocycles. The van der Waals surface area contributed by atoms with Gasteiger partial charge in [0.15, 0.2) is 5.78 Å². The zero-order chi connectivity index (χ0) is 12.3. The van der Waals surface area contributed by atoms with Gasteiger partial charge in [0, 0.05) is 24.7 Å². The maximum Gasteiger partial charge on any atom is 0.328 e. The van der Waals surface area contributed by atoms with Crippen LogP contribution < -0.4 is 0 Å². The average molecular weight is 237 g/mol. The zero-order valence-electron chi connectivity index (χ0n) is 10.3. The van der Waals surface area contributed by atoms with Crippen molar-refractivity contribution in [3.05, 3.63) is 11.8 Å². The number of carbonyl (C=O) groups excluding carboxylic acids is 2. The highest BCUT2D eigenvalue weighted by Crippen LogP contribution is 2.28. The second-order valence-electron chi connectivity index (χ2n) is 4.56. The highest BCUT2D eigenvalue weighted by Gasteiger charge is 2.32. The number of allylic oxidation sites excluding steroid dienone is 2. The van der Waals surface area contributed by atoms with Crippen molar-refractivity contribution in [2.24, 2.45) is 0 Å². The van der Waals surface area contributed by atoms with E-state index in [-0.39, 0.29) is 17.8 Å². The summed E-state index contributed by atoms with van der Waals surface area (Å²) in [7, 11) is 0. The lowest BCUT2D eigenvalue weighted by molar-refractivity contribution is -0.150. The molecule has 1 unspecified atom stereocenters. The van der Waals surface area contributed by atoms with E-state index in [1.54, 1.807) is 6.08 Å². The van der Waals surface area contributed by atoms with Crippen LogP contribution in [0.2, 0.25) is 0 Å². The number of hydrogen-bond acceptors (Lipinski definition) is 4. The molecule has 0 bridgehead atoms. The van der Waals surface area contributed by atoms with Gasteiger partial charge in [-0.3, -0.25) is 4.79 Å². The van der Waals surface area contributed by atoms with E-state index >= 15 is 0 Å². The summed E-state index contributed by atoms with van der Waals surface area (Å²) in [4.78, 5) is 25.2. The van der Waals surface area contributed by atoms with Crippen molar-refractivity contribution in [2.45, 2.75) is 45.1 Å². The van der Waals surface area contributed by atoms with Gasteiger partial charge < -0.3 is 9.64 Å². The topological polar surface area (TPSA) is 46.6 Å². The molecule has 4 heteroatoms. The van der Waals surface area contributed by atoms with E-state index in [2.05, 4.69) is 4.90 Å². The largest absolute Gasteiger partial charge is 0.464 e. The van der Waals surface area contributed by atoms with Gasteiger partial charge in [0.25, 0.3) is 0 Å². The summed E-state index contributed by atoms with van der Waals surface area (Å²) in [6.07, 6.45) is 6.03. The van der Waals surface area contributed by atoms with Crippen LogP contribution in [0.25, 0.3) is 0 Å². The van der Waals surface area contributed by atoms with Crippen LogP contribution >= 0.6 is 0 Å². The zero-order valence-corrected chi connectivity index (χ0v) is 10.3. The summed E-state index contributed by atoms with van der Waals surface area (Å²) in [5.41, 5.74) is 1.02. The van der Waals surface area contributed by atoms with E-state index in [4.69, 9.17) is 4.74 Å². The SMILES string of the molecule is CCOC(=O)C1CCCCN1C1=CC(=O)CC1. The van der Waals surface area contributed by atoms with E-state index in [0.29, 0.717) is 13.0 Å². The lowest BCUT2D eigenvalue weighted by Crippen LogP contribution is -2.44. The van der Waals surface area contributed by atoms with Crippen molar-refractivity contribution in [1.82, 2.24) is 4.90 Å². The van der Waals surface area contributed by atoms with Gasteiger partial charge in [-0.25, -0.2) is 4.79 Å². The summed E-state index contributed by atoms with van der Waals surface area (Å²) in [6, 6.07) is -0.180. The number of rotatable bonds is 3. The quantitative estimate of drug-likeness (QED) is 0.700. The fraction of sp³-hybridized carbons (Fsp3) is 0.692. The highest BCUT2D eigenvalue weighted by atomic mass is 16.5. The van der Waals surface area contributed by atoms with Crippen molar-refractivity contribution in [3.8, 4) is 0 Å². The average Bonchev–Trinajstić information content (AvgIpc) is 2.76. The standard InChI is InChI=1S/C13H19NO3/c1-2-17-13(16)12-5-3-4-8-14(12)10-6-7-11(15)9-10/h9,12H,2-8H2,1H3. The van der Waals surface area contributed by atoms with Crippen LogP contribution in [-0.2, 0) is 14.3 Å². The van der Waals surface area contributed by atoms with Gasteiger partial charge in [0.1, 0.15) is 6.04 Å².